The van der Waals surface area contributed by atoms with Gasteiger partial charge in [-0.3, -0.25) is 19.9 Å². The summed E-state index contributed by atoms with van der Waals surface area (Å²) in [6.45, 7) is -0.339. The fraction of sp³-hybridized carbons (Fsp3) is 0.0417. The minimum atomic E-state index is -3.90. The highest BCUT2D eigenvalue weighted by molar-refractivity contribution is 9.10. The number of sulfonamides is 1. The minimum Gasteiger partial charge on any atom is -0.483 e. The maximum Gasteiger partial charge on any atom is 0.271 e. The van der Waals surface area contributed by atoms with Gasteiger partial charge in [0.1, 0.15) is 11.6 Å². The lowest BCUT2D eigenvalue weighted by Gasteiger charge is -2.14. The van der Waals surface area contributed by atoms with Gasteiger partial charge in [0.25, 0.3) is 11.8 Å². The third-order valence-corrected chi connectivity index (χ3v) is 7.30. The Bertz CT molecular complexity index is 1530. The van der Waals surface area contributed by atoms with E-state index in [2.05, 4.69) is 21.2 Å². The second kappa shape index (κ2) is 10.8. The number of amidine groups is 1. The summed E-state index contributed by atoms with van der Waals surface area (Å²) in [5, 5.41) is 15.9. The van der Waals surface area contributed by atoms with Gasteiger partial charge in [-0.05, 0) is 84.6 Å². The van der Waals surface area contributed by atoms with Crippen molar-refractivity contribution < 1.29 is 27.1 Å². The number of nitrogens with one attached hydrogen (secondary N) is 2. The van der Waals surface area contributed by atoms with Gasteiger partial charge in [0.05, 0.1) is 15.5 Å². The summed E-state index contributed by atoms with van der Waals surface area (Å²) in [4.78, 5) is 26.6. The Morgan fingerprint density at radius 1 is 1.14 bits per heavy atom. The molecule has 1 aliphatic heterocycles. The molecule has 0 radical (unpaired) electrons. The first-order valence-corrected chi connectivity index (χ1v) is 13.6. The molecule has 0 bridgehead atoms. The van der Waals surface area contributed by atoms with Gasteiger partial charge in [0.15, 0.2) is 11.8 Å². The van der Waals surface area contributed by atoms with Crippen LogP contribution in [0.4, 0.5) is 15.8 Å². The van der Waals surface area contributed by atoms with Crippen LogP contribution in [-0.4, -0.2) is 32.0 Å². The van der Waals surface area contributed by atoms with Crippen LogP contribution in [0.1, 0.15) is 5.56 Å². The van der Waals surface area contributed by atoms with Crippen molar-refractivity contribution in [3.05, 3.63) is 87.5 Å². The molecule has 9 nitrogen and oxygen atoms in total. The van der Waals surface area contributed by atoms with Gasteiger partial charge in [-0.2, -0.15) is 0 Å². The standard InChI is InChI=1S/C24H18BrFN4O5S2/c25-15-1-10-20(35-13-22(31)29-17-4-2-16(26)3-5-17)14(11-15)12-21-23(32)30(24(27)36-21)18-6-8-19(9-7-18)37(28,33)34/h1-12,27H,13H2,(H,29,31)(H2,28,33,34)/b21-12-,27-24?. The number of carbonyl (C=O) groups excluding carboxylic acids is 2. The molecule has 1 saturated heterocycles. The first-order chi connectivity index (χ1) is 17.5. The fourth-order valence-electron chi connectivity index (χ4n) is 3.28. The van der Waals surface area contributed by atoms with Crippen molar-refractivity contribution in [2.24, 2.45) is 5.14 Å². The lowest BCUT2D eigenvalue weighted by Crippen LogP contribution is -2.28. The van der Waals surface area contributed by atoms with Gasteiger partial charge < -0.3 is 10.1 Å². The lowest BCUT2D eigenvalue weighted by molar-refractivity contribution is -0.118. The van der Waals surface area contributed by atoms with Crippen LogP contribution in [0.25, 0.3) is 6.08 Å². The summed E-state index contributed by atoms with van der Waals surface area (Å²) in [6.07, 6.45) is 1.54. The number of anilines is 2. The molecular formula is C24H18BrFN4O5S2. The molecule has 4 rings (SSSR count). The predicted molar refractivity (Wildman–Crippen MR) is 143 cm³/mol. The molecule has 0 spiro atoms. The maximum atomic E-state index is 13.1. The molecule has 13 heteroatoms. The highest BCUT2D eigenvalue weighted by Crippen LogP contribution is 2.37. The number of benzene rings is 3. The molecule has 0 aromatic heterocycles. The van der Waals surface area contributed by atoms with Gasteiger partial charge in [0, 0.05) is 15.7 Å². The van der Waals surface area contributed by atoms with Gasteiger partial charge in [-0.1, -0.05) is 15.9 Å². The lowest BCUT2D eigenvalue weighted by atomic mass is 10.2. The Labute approximate surface area is 224 Å². The zero-order valence-electron chi connectivity index (χ0n) is 18.8. The number of nitrogens with two attached hydrogens (primary N) is 1. The summed E-state index contributed by atoms with van der Waals surface area (Å²) in [7, 11) is -3.90. The number of halogens is 2. The van der Waals surface area contributed by atoms with Gasteiger partial charge in [-0.25, -0.2) is 17.9 Å². The minimum absolute atomic E-state index is 0.0734. The number of hydrogen-bond acceptors (Lipinski definition) is 7. The molecule has 0 saturated carbocycles. The van der Waals surface area contributed by atoms with Crippen molar-refractivity contribution in [1.29, 1.82) is 5.41 Å². The van der Waals surface area contributed by atoms with Crippen LogP contribution in [0, 0.1) is 11.2 Å². The van der Waals surface area contributed by atoms with Crippen LogP contribution in [-0.2, 0) is 19.6 Å². The van der Waals surface area contributed by atoms with Crippen LogP contribution in [0.5, 0.6) is 5.75 Å². The Balaban J connectivity index is 1.52. The van der Waals surface area contributed by atoms with Crippen LogP contribution in [0.15, 0.2) is 81.0 Å². The van der Waals surface area contributed by atoms with E-state index in [9.17, 15) is 22.4 Å². The molecular weight excluding hydrogens is 587 g/mol. The van der Waals surface area contributed by atoms with E-state index >= 15 is 0 Å². The van der Waals surface area contributed by atoms with Gasteiger partial charge in [0.2, 0.25) is 10.0 Å². The largest absolute Gasteiger partial charge is 0.483 e. The average molecular weight is 605 g/mol. The molecule has 0 unspecified atom stereocenters. The number of thioether (sulfide) groups is 1. The quantitative estimate of drug-likeness (QED) is 0.343. The van der Waals surface area contributed by atoms with Crippen LogP contribution >= 0.6 is 27.7 Å². The molecule has 0 atom stereocenters. The molecule has 3 aromatic carbocycles. The van der Waals surface area contributed by atoms with Crippen molar-refractivity contribution in [3.8, 4) is 5.75 Å². The average Bonchev–Trinajstić information content (AvgIpc) is 3.12. The number of primary sulfonamides is 1. The number of amides is 2. The molecule has 1 aliphatic rings. The zero-order chi connectivity index (χ0) is 26.7. The highest BCUT2D eigenvalue weighted by Gasteiger charge is 2.34. The molecule has 1 heterocycles. The molecule has 1 fully saturated rings. The monoisotopic (exact) mass is 604 g/mol. The zero-order valence-corrected chi connectivity index (χ0v) is 22.0. The van der Waals surface area contributed by atoms with Crippen LogP contribution in [0.3, 0.4) is 0 Å². The highest BCUT2D eigenvalue weighted by atomic mass is 79.9. The third-order valence-electron chi connectivity index (χ3n) is 4.99. The number of rotatable bonds is 7. The molecule has 3 aromatic rings. The van der Waals surface area contributed by atoms with E-state index < -0.39 is 27.7 Å². The fourth-order valence-corrected chi connectivity index (χ4v) is 5.03. The second-order valence-corrected chi connectivity index (χ2v) is 11.1. The predicted octanol–water partition coefficient (Wildman–Crippen LogP) is 4.31. The maximum absolute atomic E-state index is 13.1. The normalized spacial score (nSPS) is 14.8. The van der Waals surface area contributed by atoms with Crippen molar-refractivity contribution in [1.82, 2.24) is 0 Å². The second-order valence-electron chi connectivity index (χ2n) is 7.62. The molecule has 190 valence electrons. The molecule has 4 N–H and O–H groups in total. The first-order valence-electron chi connectivity index (χ1n) is 10.4. The Hall–Kier alpha value is -3.52. The summed E-state index contributed by atoms with van der Waals surface area (Å²) in [5.74, 6) is -1.05. The first kappa shape index (κ1) is 26.5. The number of ether oxygens (including phenoxy) is 1. The number of nitrogens with zero attached hydrogens (tertiary/aromatic N) is 1. The van der Waals surface area contributed by atoms with E-state index in [1.165, 1.54) is 54.6 Å². The Morgan fingerprint density at radius 3 is 2.46 bits per heavy atom. The van der Waals surface area contributed by atoms with E-state index in [1.807, 2.05) is 0 Å². The Kier molecular flexibility index (Phi) is 7.78. The summed E-state index contributed by atoms with van der Waals surface area (Å²) >= 11 is 4.30. The van der Waals surface area contributed by atoms with E-state index in [0.717, 1.165) is 16.7 Å². The number of hydrogen-bond donors (Lipinski definition) is 3. The topological polar surface area (TPSA) is 143 Å². The third kappa shape index (κ3) is 6.43. The van der Waals surface area contributed by atoms with Crippen molar-refractivity contribution in [2.45, 2.75) is 4.90 Å². The SMILES string of the molecule is N=C1S/C(=C\c2cc(Br)ccc2OCC(=O)Nc2ccc(F)cc2)C(=O)N1c1ccc(S(N)(=O)=O)cc1. The van der Waals surface area contributed by atoms with Crippen LogP contribution in [0.2, 0.25) is 0 Å². The van der Waals surface area contributed by atoms with Crippen LogP contribution < -0.4 is 20.1 Å². The van der Waals surface area contributed by atoms with Gasteiger partial charge >= 0.3 is 0 Å². The van der Waals surface area contributed by atoms with Crippen molar-refractivity contribution in [2.75, 3.05) is 16.8 Å². The molecule has 0 aliphatic carbocycles. The van der Waals surface area contributed by atoms with Crippen molar-refractivity contribution >= 4 is 72.1 Å². The molecule has 2 amide bonds. The van der Waals surface area contributed by atoms with E-state index in [4.69, 9.17) is 15.3 Å². The smallest absolute Gasteiger partial charge is 0.271 e. The van der Waals surface area contributed by atoms with Gasteiger partial charge in [-0.15, -0.1) is 0 Å². The van der Waals surface area contributed by atoms with E-state index in [-0.39, 0.29) is 21.6 Å². The Morgan fingerprint density at radius 2 is 1.81 bits per heavy atom. The number of carbonyl (C=O) groups is 2. The summed E-state index contributed by atoms with van der Waals surface area (Å²) < 4.78 is 42.4. The molecule has 37 heavy (non-hydrogen) atoms. The van der Waals surface area contributed by atoms with E-state index in [0.29, 0.717) is 27.2 Å². The van der Waals surface area contributed by atoms with E-state index in [1.54, 1.807) is 18.2 Å². The summed E-state index contributed by atoms with van der Waals surface area (Å²) in [6, 6.07) is 15.6. The summed E-state index contributed by atoms with van der Waals surface area (Å²) in [5.41, 5.74) is 1.21. The van der Waals surface area contributed by atoms with Crippen molar-refractivity contribution in [3.63, 3.8) is 0 Å².